The minimum Gasteiger partial charge on any atom is -0.243 e. The first kappa shape index (κ1) is 15.4. The van der Waals surface area contributed by atoms with E-state index in [9.17, 15) is 8.42 Å². The van der Waals surface area contributed by atoms with E-state index in [2.05, 4.69) is 19.7 Å². The molecule has 3 aromatic rings. The van der Waals surface area contributed by atoms with Crippen molar-refractivity contribution in [1.82, 2.24) is 15.0 Å². The predicted molar refractivity (Wildman–Crippen MR) is 84.5 cm³/mol. The van der Waals surface area contributed by atoms with Crippen molar-refractivity contribution in [1.29, 1.82) is 0 Å². The second-order valence-corrected chi connectivity index (χ2v) is 8.04. The van der Waals surface area contributed by atoms with Crippen molar-refractivity contribution < 1.29 is 13.0 Å². The minimum atomic E-state index is -3.76. The van der Waals surface area contributed by atoms with Gasteiger partial charge in [0.1, 0.15) is 10.4 Å². The van der Waals surface area contributed by atoms with Crippen LogP contribution in [0.4, 0.5) is 0 Å². The molecular formula is C13H12ClN3O3S2. The monoisotopic (exact) mass is 357 g/mol. The Balaban J connectivity index is 1.97. The van der Waals surface area contributed by atoms with Crippen LogP contribution < -0.4 is 4.72 Å². The zero-order chi connectivity index (χ0) is 15.7. The van der Waals surface area contributed by atoms with E-state index in [0.29, 0.717) is 16.3 Å². The van der Waals surface area contributed by atoms with E-state index in [0.717, 1.165) is 4.88 Å². The van der Waals surface area contributed by atoms with Gasteiger partial charge >= 0.3 is 0 Å². The summed E-state index contributed by atoms with van der Waals surface area (Å²) in [7, 11) is -3.76. The predicted octanol–water partition coefficient (Wildman–Crippen LogP) is 3.37. The average molecular weight is 358 g/mol. The van der Waals surface area contributed by atoms with Crippen molar-refractivity contribution in [2.45, 2.75) is 24.3 Å². The van der Waals surface area contributed by atoms with Crippen molar-refractivity contribution in [3.05, 3.63) is 39.5 Å². The number of halogens is 1. The third-order valence-electron chi connectivity index (χ3n) is 3.18. The Labute approximate surface area is 136 Å². The van der Waals surface area contributed by atoms with Gasteiger partial charge in [0.2, 0.25) is 10.0 Å². The van der Waals surface area contributed by atoms with Gasteiger partial charge in [-0.2, -0.15) is 0 Å². The van der Waals surface area contributed by atoms with Crippen molar-refractivity contribution in [2.75, 3.05) is 0 Å². The fraction of sp³-hybridized carbons (Fsp3) is 0.231. The maximum absolute atomic E-state index is 12.6. The molecule has 0 saturated heterocycles. The highest BCUT2D eigenvalue weighted by molar-refractivity contribution is 7.89. The van der Waals surface area contributed by atoms with Crippen LogP contribution in [0, 0.1) is 0 Å². The average Bonchev–Trinajstić information content (AvgIpc) is 3.12. The third-order valence-corrected chi connectivity index (χ3v) is 6.03. The highest BCUT2D eigenvalue weighted by atomic mass is 35.5. The quantitative estimate of drug-likeness (QED) is 0.756. The van der Waals surface area contributed by atoms with Gasteiger partial charge < -0.3 is 0 Å². The van der Waals surface area contributed by atoms with E-state index in [1.165, 1.54) is 17.4 Å². The molecule has 0 unspecified atom stereocenters. The van der Waals surface area contributed by atoms with E-state index in [1.54, 1.807) is 18.2 Å². The second-order valence-electron chi connectivity index (χ2n) is 4.61. The topological polar surface area (TPSA) is 85.1 Å². The number of hydrogen-bond donors (Lipinski definition) is 1. The number of thiophene rings is 1. The van der Waals surface area contributed by atoms with Crippen molar-refractivity contribution >= 4 is 44.0 Å². The molecule has 0 fully saturated rings. The van der Waals surface area contributed by atoms with Crippen LogP contribution >= 0.6 is 22.9 Å². The van der Waals surface area contributed by atoms with E-state index in [4.69, 9.17) is 11.6 Å². The lowest BCUT2D eigenvalue weighted by Gasteiger charge is -2.15. The molecule has 2 heterocycles. The summed E-state index contributed by atoms with van der Waals surface area (Å²) in [5.74, 6) is 0. The summed E-state index contributed by atoms with van der Waals surface area (Å²) in [4.78, 5) is 0.911. The van der Waals surface area contributed by atoms with Gasteiger partial charge in [0, 0.05) is 4.88 Å². The normalized spacial score (nSPS) is 13.5. The SMILES string of the molecule is CC[C@@H](NS(=O)(=O)c1cccc2nonc12)c1ccc(Cl)s1. The van der Waals surface area contributed by atoms with Crippen LogP contribution in [0.15, 0.2) is 39.9 Å². The number of sulfonamides is 1. The molecule has 0 aliphatic heterocycles. The molecule has 116 valence electrons. The molecule has 0 amide bonds. The Hall–Kier alpha value is -1.48. The molecule has 9 heteroatoms. The van der Waals surface area contributed by atoms with Gasteiger partial charge in [0.15, 0.2) is 5.52 Å². The lowest BCUT2D eigenvalue weighted by Crippen LogP contribution is -2.28. The number of nitrogens with one attached hydrogen (secondary N) is 1. The van der Waals surface area contributed by atoms with Crippen LogP contribution in [-0.2, 0) is 10.0 Å². The standard InChI is InChI=1S/C13H12ClN3O3S2/c1-2-8(10-6-7-12(14)21-10)17-22(18,19)11-5-3-4-9-13(11)16-20-15-9/h3-8,17H,2H2,1H3/t8-/m1/s1. The Morgan fingerprint density at radius 2 is 2.14 bits per heavy atom. The van der Waals surface area contributed by atoms with E-state index in [-0.39, 0.29) is 16.5 Å². The molecule has 0 radical (unpaired) electrons. The molecule has 1 N–H and O–H groups in total. The summed E-state index contributed by atoms with van der Waals surface area (Å²) in [5, 5.41) is 7.33. The fourth-order valence-electron chi connectivity index (χ4n) is 2.11. The third kappa shape index (κ3) is 2.87. The first-order chi connectivity index (χ1) is 10.5. The first-order valence-electron chi connectivity index (χ1n) is 6.50. The summed E-state index contributed by atoms with van der Waals surface area (Å²) in [5.41, 5.74) is 0.615. The molecule has 22 heavy (non-hydrogen) atoms. The van der Waals surface area contributed by atoms with Gasteiger partial charge in [0.25, 0.3) is 0 Å². The highest BCUT2D eigenvalue weighted by Gasteiger charge is 2.24. The van der Waals surface area contributed by atoms with Gasteiger partial charge in [-0.25, -0.2) is 17.8 Å². The van der Waals surface area contributed by atoms with Crippen LogP contribution in [0.25, 0.3) is 11.0 Å². The van der Waals surface area contributed by atoms with Crippen molar-refractivity contribution in [2.24, 2.45) is 0 Å². The van der Waals surface area contributed by atoms with Crippen LogP contribution in [-0.4, -0.2) is 18.7 Å². The second kappa shape index (κ2) is 5.96. The van der Waals surface area contributed by atoms with Gasteiger partial charge in [-0.15, -0.1) is 11.3 Å². The van der Waals surface area contributed by atoms with Gasteiger partial charge in [0.05, 0.1) is 10.4 Å². The summed E-state index contributed by atoms with van der Waals surface area (Å²) in [6, 6.07) is 7.94. The largest absolute Gasteiger partial charge is 0.243 e. The fourth-order valence-corrected chi connectivity index (χ4v) is 4.83. The number of rotatable bonds is 5. The molecule has 0 aliphatic carbocycles. The molecule has 3 rings (SSSR count). The molecule has 1 aromatic carbocycles. The van der Waals surface area contributed by atoms with Crippen LogP contribution in [0.2, 0.25) is 4.34 Å². The zero-order valence-corrected chi connectivity index (χ0v) is 13.9. The molecule has 6 nitrogen and oxygen atoms in total. The van der Waals surface area contributed by atoms with E-state index < -0.39 is 10.0 Å². The number of fused-ring (bicyclic) bond motifs is 1. The first-order valence-corrected chi connectivity index (χ1v) is 9.18. The molecule has 0 aliphatic rings. The van der Waals surface area contributed by atoms with Crippen molar-refractivity contribution in [3.63, 3.8) is 0 Å². The minimum absolute atomic E-state index is 0.0485. The molecular weight excluding hydrogens is 346 g/mol. The van der Waals surface area contributed by atoms with E-state index in [1.807, 2.05) is 13.0 Å². The molecule has 2 aromatic heterocycles. The number of benzene rings is 1. The van der Waals surface area contributed by atoms with Crippen LogP contribution in [0.5, 0.6) is 0 Å². The lowest BCUT2D eigenvalue weighted by molar-refractivity contribution is 0.315. The Bertz CT molecular complexity index is 904. The molecule has 0 spiro atoms. The number of aromatic nitrogens is 2. The Kier molecular flexibility index (Phi) is 4.18. The van der Waals surface area contributed by atoms with Crippen LogP contribution in [0.3, 0.4) is 0 Å². The molecule has 0 bridgehead atoms. The van der Waals surface area contributed by atoms with Crippen LogP contribution in [0.1, 0.15) is 24.3 Å². The van der Waals surface area contributed by atoms with Crippen molar-refractivity contribution in [3.8, 4) is 0 Å². The Morgan fingerprint density at radius 3 is 2.82 bits per heavy atom. The highest BCUT2D eigenvalue weighted by Crippen LogP contribution is 2.30. The smallest absolute Gasteiger partial charge is 0.243 e. The summed E-state index contributed by atoms with van der Waals surface area (Å²) in [6.45, 7) is 1.90. The molecule has 0 saturated carbocycles. The van der Waals surface area contributed by atoms with E-state index >= 15 is 0 Å². The number of hydrogen-bond acceptors (Lipinski definition) is 6. The maximum atomic E-state index is 12.6. The van der Waals surface area contributed by atoms with Gasteiger partial charge in [-0.1, -0.05) is 24.6 Å². The maximum Gasteiger partial charge on any atom is 0.243 e. The van der Waals surface area contributed by atoms with Gasteiger partial charge in [-0.3, -0.25) is 0 Å². The number of nitrogens with zero attached hydrogens (tertiary/aromatic N) is 2. The molecule has 1 atom stereocenters. The zero-order valence-electron chi connectivity index (χ0n) is 11.5. The summed E-state index contributed by atoms with van der Waals surface area (Å²) in [6.07, 6.45) is 0.600. The van der Waals surface area contributed by atoms with Gasteiger partial charge in [-0.05, 0) is 41.0 Å². The summed E-state index contributed by atoms with van der Waals surface area (Å²) >= 11 is 7.28. The Morgan fingerprint density at radius 1 is 1.32 bits per heavy atom. The lowest BCUT2D eigenvalue weighted by atomic mass is 10.2. The summed E-state index contributed by atoms with van der Waals surface area (Å²) < 4.78 is 33.2.